The number of nitrogens with one attached hydrogen (secondary N) is 1. The van der Waals surface area contributed by atoms with Crippen molar-refractivity contribution in [3.63, 3.8) is 0 Å². The van der Waals surface area contributed by atoms with Crippen molar-refractivity contribution < 1.29 is 28.8 Å². The fourth-order valence-corrected chi connectivity index (χ4v) is 3.44. The van der Waals surface area contributed by atoms with Crippen molar-refractivity contribution in [1.29, 1.82) is 0 Å². The van der Waals surface area contributed by atoms with E-state index in [0.29, 0.717) is 39.1 Å². The van der Waals surface area contributed by atoms with Crippen molar-refractivity contribution in [1.82, 2.24) is 0 Å². The van der Waals surface area contributed by atoms with Crippen LogP contribution in [-0.2, 0) is 0 Å². The van der Waals surface area contributed by atoms with Crippen LogP contribution in [0.3, 0.4) is 0 Å². The van der Waals surface area contributed by atoms with Crippen LogP contribution >= 0.6 is 11.6 Å². The summed E-state index contributed by atoms with van der Waals surface area (Å²) in [7, 11) is 6.10. The molecule has 7 nitrogen and oxygen atoms in total. The molecule has 0 amide bonds. The second-order valence-electron chi connectivity index (χ2n) is 7.25. The maximum absolute atomic E-state index is 12.4. The highest BCUT2D eigenvalue weighted by atomic mass is 35.5. The van der Waals surface area contributed by atoms with Gasteiger partial charge in [0.05, 0.1) is 28.4 Å². The number of allylic oxidation sites excluding steroid dienone is 1. The molecule has 8 heteroatoms. The third-order valence-electron chi connectivity index (χ3n) is 5.10. The molecule has 0 aromatic heterocycles. The van der Waals surface area contributed by atoms with E-state index in [1.165, 1.54) is 19.4 Å². The van der Waals surface area contributed by atoms with Crippen LogP contribution in [-0.4, -0.2) is 39.3 Å². The third-order valence-corrected chi connectivity index (χ3v) is 5.35. The number of ether oxygens (including phenoxy) is 4. The Kier molecular flexibility index (Phi) is 8.64. The molecule has 0 aliphatic heterocycles. The molecule has 2 N–H and O–H groups in total. The second kappa shape index (κ2) is 11.9. The molecule has 0 unspecified atom stereocenters. The maximum Gasteiger partial charge on any atom is 0.203 e. The number of carbonyl (C=O) groups excluding carboxylic acids is 1. The lowest BCUT2D eigenvalue weighted by Gasteiger charge is -2.13. The molecular formula is C27H26ClNO6. The van der Waals surface area contributed by atoms with Gasteiger partial charge in [-0.15, -0.1) is 0 Å². The first kappa shape index (κ1) is 25.5. The van der Waals surface area contributed by atoms with Crippen LogP contribution in [0.4, 0.5) is 5.69 Å². The molecule has 3 aromatic carbocycles. The van der Waals surface area contributed by atoms with Gasteiger partial charge in [0.25, 0.3) is 0 Å². The number of phenolic OH excluding ortho intramolecular Hbond substituents is 1. The third kappa shape index (κ3) is 6.28. The van der Waals surface area contributed by atoms with Crippen LogP contribution in [0, 0.1) is 0 Å². The fourth-order valence-electron chi connectivity index (χ4n) is 3.31. The monoisotopic (exact) mass is 495 g/mol. The van der Waals surface area contributed by atoms with Gasteiger partial charge in [-0.1, -0.05) is 23.8 Å². The summed E-state index contributed by atoms with van der Waals surface area (Å²) in [6.07, 6.45) is 6.57. The van der Waals surface area contributed by atoms with Crippen LogP contribution in [0.25, 0.3) is 12.2 Å². The van der Waals surface area contributed by atoms with E-state index in [1.54, 1.807) is 75.9 Å². The number of benzene rings is 3. The summed E-state index contributed by atoms with van der Waals surface area (Å²) >= 11 is 5.88. The van der Waals surface area contributed by atoms with Crippen molar-refractivity contribution >= 4 is 35.2 Å². The molecule has 3 rings (SSSR count). The molecule has 182 valence electrons. The van der Waals surface area contributed by atoms with Crippen LogP contribution < -0.4 is 24.3 Å². The number of halogens is 1. The molecule has 0 bridgehead atoms. The Morgan fingerprint density at radius 3 is 2.06 bits per heavy atom. The van der Waals surface area contributed by atoms with Gasteiger partial charge in [-0.05, 0) is 48.0 Å². The molecule has 0 aliphatic rings. The van der Waals surface area contributed by atoms with Gasteiger partial charge in [0, 0.05) is 40.2 Å². The van der Waals surface area contributed by atoms with Gasteiger partial charge < -0.3 is 29.4 Å². The summed E-state index contributed by atoms with van der Waals surface area (Å²) in [4.78, 5) is 12.4. The van der Waals surface area contributed by atoms with Crippen LogP contribution in [0.2, 0.25) is 5.02 Å². The Morgan fingerprint density at radius 2 is 1.49 bits per heavy atom. The van der Waals surface area contributed by atoms with Crippen molar-refractivity contribution in [2.24, 2.45) is 0 Å². The van der Waals surface area contributed by atoms with E-state index >= 15 is 0 Å². The first-order valence-electron chi connectivity index (χ1n) is 10.5. The number of anilines is 1. The first-order chi connectivity index (χ1) is 16.9. The van der Waals surface area contributed by atoms with Crippen molar-refractivity contribution in [2.75, 3.05) is 33.8 Å². The Bertz CT molecular complexity index is 1230. The van der Waals surface area contributed by atoms with Gasteiger partial charge in [0.2, 0.25) is 5.75 Å². The van der Waals surface area contributed by atoms with Crippen LogP contribution in [0.1, 0.15) is 21.5 Å². The lowest BCUT2D eigenvalue weighted by molar-refractivity contribution is 0.104. The highest BCUT2D eigenvalue weighted by Crippen LogP contribution is 2.39. The molecule has 0 saturated carbocycles. The summed E-state index contributed by atoms with van der Waals surface area (Å²) in [5.74, 6) is 1.61. The van der Waals surface area contributed by atoms with Gasteiger partial charge in [-0.2, -0.15) is 0 Å². The maximum atomic E-state index is 12.4. The minimum absolute atomic E-state index is 0.0242. The quantitative estimate of drug-likeness (QED) is 0.153. The summed E-state index contributed by atoms with van der Waals surface area (Å²) < 4.78 is 21.4. The number of ketones is 1. The van der Waals surface area contributed by atoms with Gasteiger partial charge in [-0.3, -0.25) is 4.79 Å². The topological polar surface area (TPSA) is 86.3 Å². The second-order valence-corrected chi connectivity index (χ2v) is 7.69. The molecule has 0 atom stereocenters. The zero-order valence-corrected chi connectivity index (χ0v) is 20.6. The molecule has 0 spiro atoms. The molecule has 35 heavy (non-hydrogen) atoms. The zero-order valence-electron chi connectivity index (χ0n) is 19.8. The largest absolute Gasteiger partial charge is 0.504 e. The highest BCUT2D eigenvalue weighted by molar-refractivity contribution is 6.30. The normalized spacial score (nSPS) is 11.0. The minimum Gasteiger partial charge on any atom is -0.504 e. The predicted molar refractivity (Wildman–Crippen MR) is 138 cm³/mol. The molecule has 0 heterocycles. The van der Waals surface area contributed by atoms with E-state index in [2.05, 4.69) is 5.32 Å². The average Bonchev–Trinajstić information content (AvgIpc) is 2.87. The highest BCUT2D eigenvalue weighted by Gasteiger charge is 2.13. The number of hydrogen-bond acceptors (Lipinski definition) is 7. The smallest absolute Gasteiger partial charge is 0.203 e. The molecule has 0 radical (unpaired) electrons. The SMILES string of the molecule is COc1cc(N/C=C\C(=O)c2ccc(Cl)cc2)c(/C=C\c2cc(OC)c(OC)c(OC)c2)cc1O. The van der Waals surface area contributed by atoms with Gasteiger partial charge in [-0.25, -0.2) is 0 Å². The number of aromatic hydroxyl groups is 1. The Hall–Kier alpha value is -4.10. The Morgan fingerprint density at radius 1 is 0.857 bits per heavy atom. The number of carbonyl (C=O) groups is 1. The minimum atomic E-state index is -0.186. The molecule has 3 aromatic rings. The lowest BCUT2D eigenvalue weighted by atomic mass is 10.1. The summed E-state index contributed by atoms with van der Waals surface area (Å²) in [5, 5.41) is 14.0. The van der Waals surface area contributed by atoms with Crippen molar-refractivity contribution in [2.45, 2.75) is 0 Å². The van der Waals surface area contributed by atoms with E-state index in [9.17, 15) is 9.90 Å². The number of hydrogen-bond donors (Lipinski definition) is 2. The molecule has 0 aliphatic carbocycles. The van der Waals surface area contributed by atoms with E-state index < -0.39 is 0 Å². The van der Waals surface area contributed by atoms with Crippen molar-refractivity contribution in [3.05, 3.63) is 82.5 Å². The van der Waals surface area contributed by atoms with Crippen LogP contribution in [0.5, 0.6) is 28.7 Å². The lowest BCUT2D eigenvalue weighted by Crippen LogP contribution is -1.98. The van der Waals surface area contributed by atoms with Gasteiger partial charge in [0.15, 0.2) is 28.8 Å². The Balaban J connectivity index is 1.90. The standard InChI is InChI=1S/C27H26ClNO6/c1-32-24-16-21(29-12-11-22(30)18-7-9-20(28)10-8-18)19(15-23(24)31)6-5-17-13-25(33-2)27(35-4)26(14-17)34-3/h5-16,29,31H,1-4H3/b6-5-,12-11-. The van der Waals surface area contributed by atoms with E-state index in [0.717, 1.165) is 5.56 Å². The predicted octanol–water partition coefficient (Wildman–Crippen LogP) is 6.06. The first-order valence-corrected chi connectivity index (χ1v) is 10.9. The molecular weight excluding hydrogens is 470 g/mol. The molecule has 0 saturated heterocycles. The van der Waals surface area contributed by atoms with Crippen LogP contribution in [0.15, 0.2) is 60.8 Å². The molecule has 0 fully saturated rings. The van der Waals surface area contributed by atoms with Gasteiger partial charge >= 0.3 is 0 Å². The average molecular weight is 496 g/mol. The van der Waals surface area contributed by atoms with Gasteiger partial charge in [0.1, 0.15) is 0 Å². The van der Waals surface area contributed by atoms with E-state index in [1.807, 2.05) is 6.08 Å². The zero-order chi connectivity index (χ0) is 25.4. The Labute approximate surface area is 209 Å². The number of phenols is 1. The fraction of sp³-hybridized carbons (Fsp3) is 0.148. The summed E-state index contributed by atoms with van der Waals surface area (Å²) in [6, 6.07) is 13.4. The summed E-state index contributed by atoms with van der Waals surface area (Å²) in [5.41, 5.74) is 2.57. The summed E-state index contributed by atoms with van der Waals surface area (Å²) in [6.45, 7) is 0. The number of rotatable bonds is 10. The van der Waals surface area contributed by atoms with E-state index in [-0.39, 0.29) is 17.3 Å². The van der Waals surface area contributed by atoms with E-state index in [4.69, 9.17) is 30.5 Å². The number of methoxy groups -OCH3 is 4. The van der Waals surface area contributed by atoms with Crippen molar-refractivity contribution in [3.8, 4) is 28.7 Å².